The van der Waals surface area contributed by atoms with Crippen molar-refractivity contribution >= 4 is 11.8 Å². The van der Waals surface area contributed by atoms with E-state index < -0.39 is 0 Å². The molecule has 0 spiro atoms. The highest BCUT2D eigenvalue weighted by Gasteiger charge is 2.12. The normalized spacial score (nSPS) is 10.6. The van der Waals surface area contributed by atoms with Gasteiger partial charge in [0.1, 0.15) is 5.82 Å². The lowest BCUT2D eigenvalue weighted by atomic mass is 10.3. The number of hydrogen-bond acceptors (Lipinski definition) is 5. The van der Waals surface area contributed by atoms with E-state index in [1.165, 1.54) is 0 Å². The molecule has 0 saturated carbocycles. The quantitative estimate of drug-likeness (QED) is 0.722. The second kappa shape index (κ2) is 4.76. The van der Waals surface area contributed by atoms with Crippen LogP contribution >= 0.6 is 0 Å². The molecular weight excluding hydrogens is 180 g/mol. The van der Waals surface area contributed by atoms with Crippen molar-refractivity contribution in [3.63, 3.8) is 0 Å². The fraction of sp³-hybridized carbons (Fsp3) is 0.556. The van der Waals surface area contributed by atoms with Crippen molar-refractivity contribution in [2.75, 3.05) is 23.8 Å². The Morgan fingerprint density at radius 1 is 1.57 bits per heavy atom. The number of nitrogens with zero attached hydrogens (tertiary/aromatic N) is 3. The number of nitrogen functional groups attached to an aromatic ring is 1. The SMILES string of the molecule is CC(C)N(CCO)c1nccc(N)n1. The van der Waals surface area contributed by atoms with Crippen molar-refractivity contribution in [3.05, 3.63) is 12.3 Å². The maximum atomic E-state index is 8.89. The number of hydrogen-bond donors (Lipinski definition) is 2. The van der Waals surface area contributed by atoms with Crippen molar-refractivity contribution in [1.29, 1.82) is 0 Å². The molecule has 0 atom stereocenters. The number of aliphatic hydroxyl groups excluding tert-OH is 1. The average Bonchev–Trinajstić information content (AvgIpc) is 2.13. The molecule has 0 aromatic carbocycles. The fourth-order valence-corrected chi connectivity index (χ4v) is 1.20. The maximum absolute atomic E-state index is 8.89. The van der Waals surface area contributed by atoms with Crippen LogP contribution < -0.4 is 10.6 Å². The third kappa shape index (κ3) is 2.56. The molecular formula is C9H16N4O. The third-order valence-corrected chi connectivity index (χ3v) is 1.89. The monoisotopic (exact) mass is 196 g/mol. The second-order valence-corrected chi connectivity index (χ2v) is 3.29. The number of nitrogens with two attached hydrogens (primary N) is 1. The van der Waals surface area contributed by atoms with Crippen LogP contribution in [0.4, 0.5) is 11.8 Å². The van der Waals surface area contributed by atoms with Crippen LogP contribution in [0.3, 0.4) is 0 Å². The predicted molar refractivity (Wildman–Crippen MR) is 56.0 cm³/mol. The van der Waals surface area contributed by atoms with Gasteiger partial charge in [0.25, 0.3) is 0 Å². The summed E-state index contributed by atoms with van der Waals surface area (Å²) in [4.78, 5) is 10.1. The van der Waals surface area contributed by atoms with Crippen LogP contribution in [0.25, 0.3) is 0 Å². The van der Waals surface area contributed by atoms with E-state index in [0.717, 1.165) is 0 Å². The van der Waals surface area contributed by atoms with Gasteiger partial charge >= 0.3 is 0 Å². The highest BCUT2D eigenvalue weighted by molar-refractivity contribution is 5.38. The van der Waals surface area contributed by atoms with Crippen LogP contribution in [0.2, 0.25) is 0 Å². The highest BCUT2D eigenvalue weighted by atomic mass is 16.3. The fourth-order valence-electron chi connectivity index (χ4n) is 1.20. The van der Waals surface area contributed by atoms with Gasteiger partial charge in [0, 0.05) is 18.8 Å². The molecule has 5 nitrogen and oxygen atoms in total. The molecule has 14 heavy (non-hydrogen) atoms. The van der Waals surface area contributed by atoms with Crippen LogP contribution in [-0.4, -0.2) is 34.3 Å². The lowest BCUT2D eigenvalue weighted by Crippen LogP contribution is -2.34. The molecule has 5 heteroatoms. The van der Waals surface area contributed by atoms with Crippen LogP contribution in [0.1, 0.15) is 13.8 Å². The van der Waals surface area contributed by atoms with Crippen molar-refractivity contribution in [1.82, 2.24) is 9.97 Å². The summed E-state index contributed by atoms with van der Waals surface area (Å²) in [5, 5.41) is 8.89. The molecule has 0 radical (unpaired) electrons. The van der Waals surface area contributed by atoms with Gasteiger partial charge < -0.3 is 15.7 Å². The Balaban J connectivity index is 2.87. The molecule has 1 rings (SSSR count). The first-order valence-electron chi connectivity index (χ1n) is 4.61. The second-order valence-electron chi connectivity index (χ2n) is 3.29. The summed E-state index contributed by atoms with van der Waals surface area (Å²) in [5.74, 6) is 1.01. The molecule has 1 aromatic rings. The summed E-state index contributed by atoms with van der Waals surface area (Å²) in [6, 6.07) is 1.88. The minimum absolute atomic E-state index is 0.0797. The van der Waals surface area contributed by atoms with Gasteiger partial charge in [-0.25, -0.2) is 4.98 Å². The Labute approximate surface area is 83.6 Å². The molecule has 1 heterocycles. The summed E-state index contributed by atoms with van der Waals surface area (Å²) in [6.07, 6.45) is 1.62. The van der Waals surface area contributed by atoms with E-state index in [1.807, 2.05) is 18.7 Å². The van der Waals surface area contributed by atoms with E-state index in [0.29, 0.717) is 18.3 Å². The zero-order valence-electron chi connectivity index (χ0n) is 8.51. The Bertz CT molecular complexity index is 290. The smallest absolute Gasteiger partial charge is 0.227 e. The largest absolute Gasteiger partial charge is 0.395 e. The molecule has 0 bridgehead atoms. The van der Waals surface area contributed by atoms with Gasteiger partial charge in [0.15, 0.2) is 0 Å². The number of aromatic nitrogens is 2. The molecule has 3 N–H and O–H groups in total. The Morgan fingerprint density at radius 3 is 2.79 bits per heavy atom. The Morgan fingerprint density at radius 2 is 2.29 bits per heavy atom. The average molecular weight is 196 g/mol. The molecule has 0 aliphatic carbocycles. The maximum Gasteiger partial charge on any atom is 0.227 e. The van der Waals surface area contributed by atoms with E-state index in [9.17, 15) is 0 Å². The van der Waals surface area contributed by atoms with Crippen molar-refractivity contribution in [3.8, 4) is 0 Å². The van der Waals surface area contributed by atoms with Crippen molar-refractivity contribution in [2.24, 2.45) is 0 Å². The summed E-state index contributed by atoms with van der Waals surface area (Å²) in [6.45, 7) is 4.63. The summed E-state index contributed by atoms with van der Waals surface area (Å²) in [5.41, 5.74) is 5.55. The summed E-state index contributed by atoms with van der Waals surface area (Å²) < 4.78 is 0. The highest BCUT2D eigenvalue weighted by Crippen LogP contribution is 2.11. The summed E-state index contributed by atoms with van der Waals surface area (Å²) >= 11 is 0. The summed E-state index contributed by atoms with van der Waals surface area (Å²) in [7, 11) is 0. The number of anilines is 2. The lowest BCUT2D eigenvalue weighted by molar-refractivity contribution is 0.298. The predicted octanol–water partition coefficient (Wildman–Crippen LogP) is 0.266. The first-order valence-corrected chi connectivity index (χ1v) is 4.61. The molecule has 0 amide bonds. The van der Waals surface area contributed by atoms with Gasteiger partial charge in [-0.1, -0.05) is 0 Å². The van der Waals surface area contributed by atoms with Gasteiger partial charge in [-0.05, 0) is 19.9 Å². The van der Waals surface area contributed by atoms with Gasteiger partial charge in [-0.2, -0.15) is 4.98 Å². The van der Waals surface area contributed by atoms with Crippen LogP contribution in [0.5, 0.6) is 0 Å². The lowest BCUT2D eigenvalue weighted by Gasteiger charge is -2.25. The zero-order chi connectivity index (χ0) is 10.6. The van der Waals surface area contributed by atoms with E-state index in [-0.39, 0.29) is 12.6 Å². The molecule has 0 fully saturated rings. The molecule has 0 saturated heterocycles. The molecule has 78 valence electrons. The standard InChI is InChI=1S/C9H16N4O/c1-7(2)13(5-6-14)9-11-4-3-8(10)12-9/h3-4,7,14H,5-6H2,1-2H3,(H2,10,11,12). The Kier molecular flexibility index (Phi) is 3.64. The minimum atomic E-state index is 0.0797. The van der Waals surface area contributed by atoms with Crippen LogP contribution in [0.15, 0.2) is 12.3 Å². The first-order chi connectivity index (χ1) is 6.65. The molecule has 0 unspecified atom stereocenters. The number of rotatable bonds is 4. The minimum Gasteiger partial charge on any atom is -0.395 e. The van der Waals surface area contributed by atoms with Gasteiger partial charge in [-0.3, -0.25) is 0 Å². The Hall–Kier alpha value is -1.36. The van der Waals surface area contributed by atoms with Gasteiger partial charge in [-0.15, -0.1) is 0 Å². The first kappa shape index (κ1) is 10.7. The van der Waals surface area contributed by atoms with Crippen LogP contribution in [-0.2, 0) is 0 Å². The van der Waals surface area contributed by atoms with E-state index in [1.54, 1.807) is 12.3 Å². The molecule has 0 aliphatic rings. The van der Waals surface area contributed by atoms with Crippen LogP contribution in [0, 0.1) is 0 Å². The van der Waals surface area contributed by atoms with E-state index in [2.05, 4.69) is 9.97 Å². The molecule has 0 aliphatic heterocycles. The molecule has 1 aromatic heterocycles. The van der Waals surface area contributed by atoms with Gasteiger partial charge in [0.05, 0.1) is 6.61 Å². The van der Waals surface area contributed by atoms with E-state index in [4.69, 9.17) is 10.8 Å². The van der Waals surface area contributed by atoms with Gasteiger partial charge in [0.2, 0.25) is 5.95 Å². The topological polar surface area (TPSA) is 75.3 Å². The van der Waals surface area contributed by atoms with Crippen molar-refractivity contribution < 1.29 is 5.11 Å². The zero-order valence-corrected chi connectivity index (χ0v) is 8.51. The third-order valence-electron chi connectivity index (χ3n) is 1.89. The number of aliphatic hydroxyl groups is 1. The van der Waals surface area contributed by atoms with E-state index >= 15 is 0 Å². The van der Waals surface area contributed by atoms with Crippen molar-refractivity contribution in [2.45, 2.75) is 19.9 Å².